The molecule has 2 amide bonds. The maximum Gasteiger partial charge on any atom is 0.257 e. The summed E-state index contributed by atoms with van der Waals surface area (Å²) in [7, 11) is 0. The topological polar surface area (TPSA) is 88.3 Å². The Kier molecular flexibility index (Phi) is 5.24. The van der Waals surface area contributed by atoms with Gasteiger partial charge in [-0.15, -0.1) is 10.2 Å². The molecule has 3 heterocycles. The van der Waals surface area contributed by atoms with Crippen LogP contribution < -0.4 is 5.32 Å². The van der Waals surface area contributed by atoms with E-state index in [1.165, 1.54) is 23.9 Å². The number of carbonyl (C=O) groups is 2. The first-order valence-corrected chi connectivity index (χ1v) is 8.93. The molecule has 0 bridgehead atoms. The van der Waals surface area contributed by atoms with E-state index in [2.05, 4.69) is 22.4 Å². The van der Waals surface area contributed by atoms with Crippen molar-refractivity contribution < 1.29 is 14.0 Å². The average molecular weight is 348 g/mol. The number of piperidine rings is 1. The van der Waals surface area contributed by atoms with Gasteiger partial charge in [0.1, 0.15) is 11.3 Å². The van der Waals surface area contributed by atoms with Gasteiger partial charge in [0.05, 0.1) is 11.8 Å². The highest BCUT2D eigenvalue weighted by Gasteiger charge is 2.28. The highest BCUT2D eigenvalue weighted by molar-refractivity contribution is 7.15. The van der Waals surface area contributed by atoms with Crippen molar-refractivity contribution in [2.45, 2.75) is 32.6 Å². The molecule has 1 fully saturated rings. The Morgan fingerprint density at radius 3 is 2.83 bits per heavy atom. The largest absolute Gasteiger partial charge is 0.472 e. The summed E-state index contributed by atoms with van der Waals surface area (Å²) in [6, 6.07) is 1.66. The molecule has 0 saturated carbocycles. The third-order valence-electron chi connectivity index (χ3n) is 4.08. The molecule has 1 N–H and O–H groups in total. The van der Waals surface area contributed by atoms with Gasteiger partial charge >= 0.3 is 0 Å². The van der Waals surface area contributed by atoms with Gasteiger partial charge in [-0.2, -0.15) is 0 Å². The third kappa shape index (κ3) is 3.81. The SMILES string of the molecule is CCCc1nnc(NC(=O)C2CCN(C(=O)c3ccoc3)CC2)s1. The molecule has 0 aromatic carbocycles. The second-order valence-electron chi connectivity index (χ2n) is 5.82. The van der Waals surface area contributed by atoms with Crippen LogP contribution in [0.15, 0.2) is 23.0 Å². The summed E-state index contributed by atoms with van der Waals surface area (Å²) in [5, 5.41) is 12.4. The molecule has 0 unspecified atom stereocenters. The molecule has 2 aromatic heterocycles. The normalized spacial score (nSPS) is 15.5. The highest BCUT2D eigenvalue weighted by Crippen LogP contribution is 2.22. The Bertz CT molecular complexity index is 690. The van der Waals surface area contributed by atoms with E-state index in [1.807, 2.05) is 0 Å². The fourth-order valence-corrected chi connectivity index (χ4v) is 3.58. The molecular weight excluding hydrogens is 328 g/mol. The van der Waals surface area contributed by atoms with Gasteiger partial charge in [0.2, 0.25) is 11.0 Å². The number of anilines is 1. The molecule has 0 atom stereocenters. The van der Waals surface area contributed by atoms with Crippen molar-refractivity contribution in [3.63, 3.8) is 0 Å². The summed E-state index contributed by atoms with van der Waals surface area (Å²) in [5.74, 6) is -0.183. The highest BCUT2D eigenvalue weighted by atomic mass is 32.1. The summed E-state index contributed by atoms with van der Waals surface area (Å²) in [6.07, 6.45) is 6.12. The number of amides is 2. The number of furan rings is 1. The number of rotatable bonds is 5. The van der Waals surface area contributed by atoms with Gasteiger partial charge in [0.15, 0.2) is 0 Å². The summed E-state index contributed by atoms with van der Waals surface area (Å²) in [4.78, 5) is 26.4. The summed E-state index contributed by atoms with van der Waals surface area (Å²) < 4.78 is 4.95. The summed E-state index contributed by atoms with van der Waals surface area (Å²) in [5.41, 5.74) is 0.551. The van der Waals surface area contributed by atoms with Crippen molar-refractivity contribution in [1.82, 2.24) is 15.1 Å². The molecule has 1 saturated heterocycles. The van der Waals surface area contributed by atoms with Crippen LogP contribution in [0.4, 0.5) is 5.13 Å². The van der Waals surface area contributed by atoms with E-state index >= 15 is 0 Å². The minimum absolute atomic E-state index is 0.0374. The van der Waals surface area contributed by atoms with Crippen LogP contribution in [0.5, 0.6) is 0 Å². The Morgan fingerprint density at radius 1 is 1.38 bits per heavy atom. The number of aromatic nitrogens is 2. The number of hydrogen-bond acceptors (Lipinski definition) is 6. The minimum Gasteiger partial charge on any atom is -0.472 e. The fraction of sp³-hybridized carbons (Fsp3) is 0.500. The van der Waals surface area contributed by atoms with Crippen LogP contribution in [0.1, 0.15) is 41.6 Å². The lowest BCUT2D eigenvalue weighted by atomic mass is 9.95. The predicted molar refractivity (Wildman–Crippen MR) is 89.9 cm³/mol. The lowest BCUT2D eigenvalue weighted by molar-refractivity contribution is -0.121. The zero-order valence-electron chi connectivity index (χ0n) is 13.5. The smallest absolute Gasteiger partial charge is 0.257 e. The first-order chi connectivity index (χ1) is 11.7. The second kappa shape index (κ2) is 7.57. The standard InChI is InChI=1S/C16H20N4O3S/c1-2-3-13-18-19-16(24-13)17-14(21)11-4-7-20(8-5-11)15(22)12-6-9-23-10-12/h6,9-11H,2-5,7-8H2,1H3,(H,17,19,21). The molecular formula is C16H20N4O3S. The molecule has 7 nitrogen and oxygen atoms in total. The van der Waals surface area contributed by atoms with Crippen molar-refractivity contribution >= 4 is 28.3 Å². The summed E-state index contributed by atoms with van der Waals surface area (Å²) in [6.45, 7) is 3.22. The van der Waals surface area contributed by atoms with E-state index in [9.17, 15) is 9.59 Å². The zero-order chi connectivity index (χ0) is 16.9. The first kappa shape index (κ1) is 16.6. The van der Waals surface area contributed by atoms with Gasteiger partial charge in [0, 0.05) is 25.4 Å². The zero-order valence-corrected chi connectivity index (χ0v) is 14.3. The van der Waals surface area contributed by atoms with E-state index < -0.39 is 0 Å². The van der Waals surface area contributed by atoms with Crippen LogP contribution in [0.2, 0.25) is 0 Å². The predicted octanol–water partition coefficient (Wildman–Crippen LogP) is 2.57. The van der Waals surface area contributed by atoms with Crippen LogP contribution in [-0.2, 0) is 11.2 Å². The van der Waals surface area contributed by atoms with E-state index in [0.717, 1.165) is 17.8 Å². The van der Waals surface area contributed by atoms with Crippen molar-refractivity contribution in [2.24, 2.45) is 5.92 Å². The summed E-state index contributed by atoms with van der Waals surface area (Å²) >= 11 is 1.42. The molecule has 8 heteroatoms. The molecule has 24 heavy (non-hydrogen) atoms. The second-order valence-corrected chi connectivity index (χ2v) is 6.88. The fourth-order valence-electron chi connectivity index (χ4n) is 2.74. The monoisotopic (exact) mass is 348 g/mol. The van der Waals surface area contributed by atoms with Crippen molar-refractivity contribution in [3.8, 4) is 0 Å². The van der Waals surface area contributed by atoms with E-state index in [0.29, 0.717) is 36.6 Å². The lowest BCUT2D eigenvalue weighted by Gasteiger charge is -2.30. The van der Waals surface area contributed by atoms with Crippen LogP contribution in [0.3, 0.4) is 0 Å². The van der Waals surface area contributed by atoms with E-state index in [1.54, 1.807) is 11.0 Å². The van der Waals surface area contributed by atoms with Crippen LogP contribution in [-0.4, -0.2) is 40.0 Å². The number of hydrogen-bond donors (Lipinski definition) is 1. The maximum atomic E-state index is 12.3. The van der Waals surface area contributed by atoms with Crippen molar-refractivity contribution in [1.29, 1.82) is 0 Å². The van der Waals surface area contributed by atoms with Crippen LogP contribution >= 0.6 is 11.3 Å². The van der Waals surface area contributed by atoms with E-state index in [-0.39, 0.29) is 17.7 Å². The Hall–Kier alpha value is -2.22. The van der Waals surface area contributed by atoms with Gasteiger partial charge in [-0.05, 0) is 25.3 Å². The maximum absolute atomic E-state index is 12.3. The lowest BCUT2D eigenvalue weighted by Crippen LogP contribution is -2.41. The molecule has 0 radical (unpaired) electrons. The van der Waals surface area contributed by atoms with Crippen LogP contribution in [0, 0.1) is 5.92 Å². The average Bonchev–Trinajstić information content (AvgIpc) is 3.27. The molecule has 3 rings (SSSR count). The third-order valence-corrected chi connectivity index (χ3v) is 4.98. The number of likely N-dealkylation sites (tertiary alicyclic amines) is 1. The Balaban J connectivity index is 1.50. The van der Waals surface area contributed by atoms with Gasteiger partial charge in [-0.1, -0.05) is 18.3 Å². The van der Waals surface area contributed by atoms with E-state index in [4.69, 9.17) is 4.42 Å². The number of nitrogens with one attached hydrogen (secondary N) is 1. The molecule has 0 spiro atoms. The van der Waals surface area contributed by atoms with Gasteiger partial charge in [-0.25, -0.2) is 0 Å². The number of nitrogens with zero attached hydrogens (tertiary/aromatic N) is 3. The first-order valence-electron chi connectivity index (χ1n) is 8.12. The molecule has 1 aliphatic heterocycles. The molecule has 128 valence electrons. The minimum atomic E-state index is -0.100. The quantitative estimate of drug-likeness (QED) is 0.897. The van der Waals surface area contributed by atoms with Gasteiger partial charge in [-0.3, -0.25) is 9.59 Å². The van der Waals surface area contributed by atoms with Gasteiger partial charge in [0.25, 0.3) is 5.91 Å². The van der Waals surface area contributed by atoms with Crippen molar-refractivity contribution in [2.75, 3.05) is 18.4 Å². The Labute approximate surface area is 144 Å². The molecule has 0 aliphatic carbocycles. The number of carbonyl (C=O) groups excluding carboxylic acids is 2. The van der Waals surface area contributed by atoms with Gasteiger partial charge < -0.3 is 14.6 Å². The number of aryl methyl sites for hydroxylation is 1. The van der Waals surface area contributed by atoms with Crippen LogP contribution in [0.25, 0.3) is 0 Å². The molecule has 2 aromatic rings. The molecule has 1 aliphatic rings. The van der Waals surface area contributed by atoms with Crippen molar-refractivity contribution in [3.05, 3.63) is 29.2 Å². The Morgan fingerprint density at radius 2 is 2.17 bits per heavy atom.